The molecule has 0 aromatic heterocycles. The summed E-state index contributed by atoms with van der Waals surface area (Å²) in [6, 6.07) is 11.5. The van der Waals surface area contributed by atoms with Crippen molar-refractivity contribution in [1.82, 2.24) is 0 Å². The quantitative estimate of drug-likeness (QED) is 0.646. The van der Waals surface area contributed by atoms with Crippen molar-refractivity contribution in [3.63, 3.8) is 0 Å². The van der Waals surface area contributed by atoms with E-state index in [0.29, 0.717) is 27.9 Å². The van der Waals surface area contributed by atoms with E-state index < -0.39 is 17.4 Å². The monoisotopic (exact) mass is 329 g/mol. The Labute approximate surface area is 146 Å². The Balaban J connectivity index is 2.02. The van der Waals surface area contributed by atoms with Crippen molar-refractivity contribution < 1.29 is 14.7 Å². The Bertz CT molecular complexity index is 994. The molecule has 0 fully saturated rings. The molecular formula is C21H15NO3. The fraction of sp³-hybridized carbons (Fsp3) is 0.143. The number of amides is 2. The molecule has 0 unspecified atom stereocenters. The van der Waals surface area contributed by atoms with Gasteiger partial charge in [-0.1, -0.05) is 23.8 Å². The number of terminal acetylenes is 1. The molecule has 2 amide bonds. The molecule has 0 aliphatic carbocycles. The van der Waals surface area contributed by atoms with Gasteiger partial charge in [0.25, 0.3) is 11.8 Å². The lowest BCUT2D eigenvalue weighted by Crippen LogP contribution is -2.29. The van der Waals surface area contributed by atoms with Crippen LogP contribution in [0.15, 0.2) is 42.5 Å². The van der Waals surface area contributed by atoms with E-state index in [1.807, 2.05) is 0 Å². The Morgan fingerprint density at radius 3 is 2.40 bits per heavy atom. The van der Waals surface area contributed by atoms with Gasteiger partial charge >= 0.3 is 0 Å². The molecule has 0 saturated carbocycles. The van der Waals surface area contributed by atoms with Crippen LogP contribution in [0.2, 0.25) is 0 Å². The Hall–Kier alpha value is -3.34. The van der Waals surface area contributed by atoms with Gasteiger partial charge in [0.2, 0.25) is 0 Å². The van der Waals surface area contributed by atoms with Crippen molar-refractivity contribution in [2.45, 2.75) is 19.4 Å². The van der Waals surface area contributed by atoms with Crippen LogP contribution in [0.4, 0.5) is 5.69 Å². The third-order valence-electron chi connectivity index (χ3n) is 3.67. The second kappa shape index (κ2) is 5.94. The van der Waals surface area contributed by atoms with E-state index in [1.54, 1.807) is 56.3 Å². The van der Waals surface area contributed by atoms with Gasteiger partial charge in [0.15, 0.2) is 0 Å². The number of benzene rings is 2. The minimum atomic E-state index is -1.14. The molecular weight excluding hydrogens is 314 g/mol. The summed E-state index contributed by atoms with van der Waals surface area (Å²) in [7, 11) is 0. The van der Waals surface area contributed by atoms with E-state index >= 15 is 0 Å². The maximum atomic E-state index is 12.7. The van der Waals surface area contributed by atoms with Crippen LogP contribution in [0.1, 0.15) is 45.7 Å². The second-order valence-electron chi connectivity index (χ2n) is 6.21. The molecule has 3 rings (SSSR count). The van der Waals surface area contributed by atoms with Crippen molar-refractivity contribution in [2.75, 3.05) is 4.90 Å². The number of hydrogen-bond donors (Lipinski definition) is 1. The van der Waals surface area contributed by atoms with Gasteiger partial charge in [0.05, 0.1) is 16.8 Å². The number of nitrogens with zero attached hydrogens (tertiary/aromatic N) is 1. The SMILES string of the molecule is C#Cc1cccc(N2C(=O)c3ccc(C#CC(C)(C)O)cc3C2=O)c1. The highest BCUT2D eigenvalue weighted by atomic mass is 16.3. The Kier molecular flexibility index (Phi) is 3.93. The lowest BCUT2D eigenvalue weighted by atomic mass is 10.0. The first-order valence-electron chi connectivity index (χ1n) is 7.65. The van der Waals surface area contributed by atoms with Crippen LogP contribution < -0.4 is 4.90 Å². The van der Waals surface area contributed by atoms with Gasteiger partial charge in [0.1, 0.15) is 5.60 Å². The fourth-order valence-electron chi connectivity index (χ4n) is 2.51. The summed E-state index contributed by atoms with van der Waals surface area (Å²) in [6.07, 6.45) is 5.39. The number of hydrogen-bond acceptors (Lipinski definition) is 3. The van der Waals surface area contributed by atoms with E-state index in [0.717, 1.165) is 4.90 Å². The molecule has 1 N–H and O–H groups in total. The molecule has 0 radical (unpaired) electrons. The van der Waals surface area contributed by atoms with Gasteiger partial charge in [-0.25, -0.2) is 4.90 Å². The van der Waals surface area contributed by atoms with Gasteiger partial charge in [-0.2, -0.15) is 0 Å². The standard InChI is InChI=1S/C21H15NO3/c1-4-14-6-5-7-16(12-14)22-19(23)17-9-8-15(10-11-21(2,3)25)13-18(17)20(22)24/h1,5-9,12-13,25H,2-3H3. The van der Waals surface area contributed by atoms with Gasteiger partial charge in [-0.15, -0.1) is 6.42 Å². The van der Waals surface area contributed by atoms with Crippen LogP contribution in [0.3, 0.4) is 0 Å². The minimum absolute atomic E-state index is 0.290. The van der Waals surface area contributed by atoms with E-state index in [-0.39, 0.29) is 0 Å². The van der Waals surface area contributed by atoms with Gasteiger partial charge < -0.3 is 5.11 Å². The predicted molar refractivity (Wildman–Crippen MR) is 95.1 cm³/mol. The molecule has 1 aliphatic heterocycles. The summed E-state index contributed by atoms with van der Waals surface area (Å²) >= 11 is 0. The number of carbonyl (C=O) groups excluding carboxylic acids is 2. The van der Waals surface area contributed by atoms with Crippen molar-refractivity contribution in [3.05, 3.63) is 64.7 Å². The fourth-order valence-corrected chi connectivity index (χ4v) is 2.51. The minimum Gasteiger partial charge on any atom is -0.378 e. The van der Waals surface area contributed by atoms with E-state index in [9.17, 15) is 14.7 Å². The van der Waals surface area contributed by atoms with Crippen LogP contribution in [0.5, 0.6) is 0 Å². The maximum absolute atomic E-state index is 12.7. The van der Waals surface area contributed by atoms with Gasteiger partial charge in [-0.05, 0) is 50.2 Å². The van der Waals surface area contributed by atoms with Crippen LogP contribution >= 0.6 is 0 Å². The lowest BCUT2D eigenvalue weighted by molar-refractivity contribution is 0.0926. The van der Waals surface area contributed by atoms with Crippen LogP contribution in [-0.2, 0) is 0 Å². The topological polar surface area (TPSA) is 57.6 Å². The van der Waals surface area contributed by atoms with Crippen LogP contribution in [0, 0.1) is 24.2 Å². The summed E-state index contributed by atoms with van der Waals surface area (Å²) in [5.41, 5.74) is 1.06. The smallest absolute Gasteiger partial charge is 0.266 e. The zero-order chi connectivity index (χ0) is 18.2. The molecule has 2 aromatic rings. The maximum Gasteiger partial charge on any atom is 0.266 e. The van der Waals surface area contributed by atoms with Crippen molar-refractivity contribution in [1.29, 1.82) is 0 Å². The Morgan fingerprint density at radius 2 is 1.72 bits per heavy atom. The zero-order valence-corrected chi connectivity index (χ0v) is 13.8. The number of rotatable bonds is 1. The highest BCUT2D eigenvalue weighted by Gasteiger charge is 2.36. The molecule has 122 valence electrons. The molecule has 1 heterocycles. The Morgan fingerprint density at radius 1 is 1.00 bits per heavy atom. The predicted octanol–water partition coefficient (Wildman–Crippen LogP) is 2.59. The molecule has 1 aliphatic rings. The summed E-state index contributed by atoms with van der Waals surface area (Å²) < 4.78 is 0. The normalized spacial score (nSPS) is 13.1. The average Bonchev–Trinajstić information content (AvgIpc) is 2.83. The van der Waals surface area contributed by atoms with E-state index in [2.05, 4.69) is 17.8 Å². The largest absolute Gasteiger partial charge is 0.378 e. The summed E-state index contributed by atoms with van der Waals surface area (Å²) in [4.78, 5) is 26.4. The molecule has 0 saturated heterocycles. The molecule has 25 heavy (non-hydrogen) atoms. The molecule has 0 atom stereocenters. The first-order valence-corrected chi connectivity index (χ1v) is 7.65. The number of imide groups is 1. The summed E-state index contributed by atoms with van der Waals surface area (Å²) in [5, 5.41) is 9.69. The van der Waals surface area contributed by atoms with Gasteiger partial charge in [0, 0.05) is 11.1 Å². The van der Waals surface area contributed by atoms with E-state index in [1.165, 1.54) is 0 Å². The van der Waals surface area contributed by atoms with E-state index in [4.69, 9.17) is 6.42 Å². The van der Waals surface area contributed by atoms with Crippen LogP contribution in [0.25, 0.3) is 0 Å². The molecule has 2 aromatic carbocycles. The van der Waals surface area contributed by atoms with Crippen molar-refractivity contribution >= 4 is 17.5 Å². The first kappa shape index (κ1) is 16.5. The molecule has 0 bridgehead atoms. The highest BCUT2D eigenvalue weighted by Crippen LogP contribution is 2.29. The number of fused-ring (bicyclic) bond motifs is 1. The third-order valence-corrected chi connectivity index (χ3v) is 3.67. The summed E-state index contributed by atoms with van der Waals surface area (Å²) in [6.45, 7) is 3.14. The zero-order valence-electron chi connectivity index (χ0n) is 13.8. The van der Waals surface area contributed by atoms with Gasteiger partial charge in [-0.3, -0.25) is 9.59 Å². The van der Waals surface area contributed by atoms with Crippen molar-refractivity contribution in [2.24, 2.45) is 0 Å². The lowest BCUT2D eigenvalue weighted by Gasteiger charge is -2.13. The second-order valence-corrected chi connectivity index (χ2v) is 6.21. The molecule has 4 heteroatoms. The first-order chi connectivity index (χ1) is 11.8. The highest BCUT2D eigenvalue weighted by molar-refractivity contribution is 6.34. The summed E-state index contributed by atoms with van der Waals surface area (Å²) in [5.74, 6) is 7.18. The average molecular weight is 329 g/mol. The third kappa shape index (κ3) is 3.17. The number of anilines is 1. The van der Waals surface area contributed by atoms with Crippen molar-refractivity contribution in [3.8, 4) is 24.2 Å². The molecule has 4 nitrogen and oxygen atoms in total. The van der Waals surface area contributed by atoms with Crippen LogP contribution in [-0.4, -0.2) is 22.5 Å². The number of carbonyl (C=O) groups is 2. The number of aliphatic hydroxyl groups is 1. The molecule has 0 spiro atoms.